The van der Waals surface area contributed by atoms with E-state index in [0.29, 0.717) is 39.3 Å². The number of halogens is 2. The van der Waals surface area contributed by atoms with E-state index in [9.17, 15) is 23.2 Å². The highest BCUT2D eigenvalue weighted by Gasteiger charge is 2.34. The van der Waals surface area contributed by atoms with Crippen LogP contribution in [0.25, 0.3) is 0 Å². The minimum absolute atomic E-state index is 0.00573. The zero-order valence-corrected chi connectivity index (χ0v) is 18.0. The van der Waals surface area contributed by atoms with Crippen molar-refractivity contribution in [1.82, 2.24) is 19.3 Å². The van der Waals surface area contributed by atoms with Gasteiger partial charge in [0.1, 0.15) is 17.7 Å². The minimum atomic E-state index is -0.707. The molecule has 1 saturated heterocycles. The van der Waals surface area contributed by atoms with Crippen LogP contribution in [-0.2, 0) is 20.9 Å². The van der Waals surface area contributed by atoms with E-state index in [-0.39, 0.29) is 36.1 Å². The smallest absolute Gasteiger partial charge is 0.223 e. The molecule has 32 heavy (non-hydrogen) atoms. The van der Waals surface area contributed by atoms with Gasteiger partial charge in [0, 0.05) is 82.6 Å². The lowest BCUT2D eigenvalue weighted by Crippen LogP contribution is -2.50. The molecule has 1 fully saturated rings. The summed E-state index contributed by atoms with van der Waals surface area (Å²) in [5.41, 5.74) is 0.980. The van der Waals surface area contributed by atoms with Gasteiger partial charge in [-0.25, -0.2) is 8.78 Å². The van der Waals surface area contributed by atoms with E-state index in [0.717, 1.165) is 11.8 Å². The fourth-order valence-electron chi connectivity index (χ4n) is 4.49. The average molecular weight is 444 g/mol. The number of carbonyl (C=O) groups is 3. The van der Waals surface area contributed by atoms with Crippen LogP contribution in [0.2, 0.25) is 0 Å². The Kier molecular flexibility index (Phi) is 6.25. The van der Waals surface area contributed by atoms with Gasteiger partial charge >= 0.3 is 0 Å². The van der Waals surface area contributed by atoms with Crippen molar-refractivity contribution in [1.29, 1.82) is 0 Å². The van der Waals surface area contributed by atoms with Crippen molar-refractivity contribution < 1.29 is 23.2 Å². The summed E-state index contributed by atoms with van der Waals surface area (Å²) in [6.45, 7) is 4.32. The van der Waals surface area contributed by atoms with Gasteiger partial charge in [0.25, 0.3) is 0 Å². The number of benzene rings is 1. The maximum atomic E-state index is 14.6. The Morgan fingerprint density at radius 2 is 1.59 bits per heavy atom. The largest absolute Gasteiger partial charge is 0.348 e. The first kappa shape index (κ1) is 22.0. The van der Waals surface area contributed by atoms with E-state index in [1.807, 2.05) is 22.9 Å². The van der Waals surface area contributed by atoms with Crippen molar-refractivity contribution in [3.05, 3.63) is 59.4 Å². The maximum absolute atomic E-state index is 14.6. The number of hydrogen-bond donors (Lipinski definition) is 0. The molecule has 3 heterocycles. The molecule has 170 valence electrons. The van der Waals surface area contributed by atoms with Gasteiger partial charge in [-0.3, -0.25) is 14.4 Å². The van der Waals surface area contributed by atoms with Gasteiger partial charge in [-0.15, -0.1) is 0 Å². The molecule has 2 aromatic rings. The van der Waals surface area contributed by atoms with E-state index < -0.39 is 17.7 Å². The first-order chi connectivity index (χ1) is 15.3. The second kappa shape index (κ2) is 9.10. The summed E-state index contributed by atoms with van der Waals surface area (Å²) >= 11 is 0. The summed E-state index contributed by atoms with van der Waals surface area (Å²) in [6, 6.07) is 6.37. The van der Waals surface area contributed by atoms with E-state index >= 15 is 0 Å². The lowest BCUT2D eigenvalue weighted by molar-refractivity contribution is -0.141. The summed E-state index contributed by atoms with van der Waals surface area (Å²) in [7, 11) is 0. The van der Waals surface area contributed by atoms with Gasteiger partial charge in [-0.05, 0) is 18.2 Å². The number of carbonyl (C=O) groups excluding carboxylic acids is 3. The number of fused-ring (bicyclic) bond motifs is 1. The van der Waals surface area contributed by atoms with Gasteiger partial charge in [-0.2, -0.15) is 0 Å². The molecular weight excluding hydrogens is 418 g/mol. The van der Waals surface area contributed by atoms with E-state index in [2.05, 4.69) is 0 Å². The highest BCUT2D eigenvalue weighted by Crippen LogP contribution is 2.34. The van der Waals surface area contributed by atoms with E-state index in [4.69, 9.17) is 0 Å². The molecule has 0 bridgehead atoms. The number of piperazine rings is 1. The summed E-state index contributed by atoms with van der Waals surface area (Å²) in [5.74, 6) is -1.78. The van der Waals surface area contributed by atoms with Crippen LogP contribution in [0, 0.1) is 11.6 Å². The van der Waals surface area contributed by atoms with Crippen LogP contribution in [0.15, 0.2) is 36.5 Å². The summed E-state index contributed by atoms with van der Waals surface area (Å²) in [5, 5.41) is 0. The van der Waals surface area contributed by atoms with Gasteiger partial charge in [0.2, 0.25) is 17.7 Å². The Morgan fingerprint density at radius 1 is 0.906 bits per heavy atom. The number of amides is 3. The molecule has 1 aromatic heterocycles. The first-order valence-corrected chi connectivity index (χ1v) is 10.8. The predicted octanol–water partition coefficient (Wildman–Crippen LogP) is 2.17. The van der Waals surface area contributed by atoms with E-state index in [1.54, 1.807) is 14.7 Å². The minimum Gasteiger partial charge on any atom is -0.348 e. The fraction of sp³-hybridized carbons (Fsp3) is 0.435. The number of aromatic nitrogens is 1. The Labute approximate surface area is 185 Å². The molecular formula is C23H26F2N4O3. The SMILES string of the molecule is CC(=O)N1CCN(C(=O)CCC(=O)N2CCn3cccc3C2c2ccc(F)cc2F)CC1. The van der Waals surface area contributed by atoms with Crippen molar-refractivity contribution in [3.8, 4) is 0 Å². The number of nitrogens with zero attached hydrogens (tertiary/aromatic N) is 4. The molecule has 9 heteroatoms. The molecule has 0 saturated carbocycles. The zero-order valence-electron chi connectivity index (χ0n) is 18.0. The Morgan fingerprint density at radius 3 is 2.28 bits per heavy atom. The summed E-state index contributed by atoms with van der Waals surface area (Å²) < 4.78 is 30.1. The molecule has 0 N–H and O–H groups in total. The molecule has 2 aliphatic rings. The highest BCUT2D eigenvalue weighted by molar-refractivity contribution is 5.84. The van der Waals surface area contributed by atoms with Crippen molar-refractivity contribution in [2.24, 2.45) is 0 Å². The van der Waals surface area contributed by atoms with Crippen molar-refractivity contribution >= 4 is 17.7 Å². The average Bonchev–Trinajstić information content (AvgIpc) is 3.26. The molecule has 1 unspecified atom stereocenters. The normalized spacial score (nSPS) is 18.5. The van der Waals surface area contributed by atoms with Crippen LogP contribution < -0.4 is 0 Å². The topological polar surface area (TPSA) is 65.9 Å². The van der Waals surface area contributed by atoms with Crippen LogP contribution in [-0.4, -0.2) is 69.7 Å². The van der Waals surface area contributed by atoms with Crippen LogP contribution in [0.3, 0.4) is 0 Å². The summed E-state index contributed by atoms with van der Waals surface area (Å²) in [6.07, 6.45) is 1.93. The first-order valence-electron chi connectivity index (χ1n) is 10.8. The molecule has 7 nitrogen and oxygen atoms in total. The second-order valence-electron chi connectivity index (χ2n) is 8.17. The monoisotopic (exact) mass is 444 g/mol. The third kappa shape index (κ3) is 4.37. The third-order valence-electron chi connectivity index (χ3n) is 6.25. The molecule has 0 radical (unpaired) electrons. The molecule has 3 amide bonds. The lowest BCUT2D eigenvalue weighted by atomic mass is 9.98. The quantitative estimate of drug-likeness (QED) is 0.726. The van der Waals surface area contributed by atoms with Gasteiger partial charge in [0.15, 0.2) is 0 Å². The maximum Gasteiger partial charge on any atom is 0.223 e. The lowest BCUT2D eigenvalue weighted by Gasteiger charge is -2.38. The molecule has 4 rings (SSSR count). The number of hydrogen-bond acceptors (Lipinski definition) is 3. The Hall–Kier alpha value is -3.23. The second-order valence-corrected chi connectivity index (χ2v) is 8.17. The molecule has 2 aliphatic heterocycles. The number of rotatable bonds is 4. The Bertz CT molecular complexity index is 1030. The standard InChI is InChI=1S/C23H26F2N4O3/c1-16(30)26-9-11-28(12-10-26)21(31)6-7-22(32)29-14-13-27-8-2-3-20(27)23(29)18-5-4-17(24)15-19(18)25/h2-5,8,15,23H,6-7,9-14H2,1H3. The van der Waals surface area contributed by atoms with Gasteiger partial charge in [-0.1, -0.05) is 6.07 Å². The Balaban J connectivity index is 1.45. The van der Waals surface area contributed by atoms with Crippen LogP contribution in [0.5, 0.6) is 0 Å². The van der Waals surface area contributed by atoms with Crippen LogP contribution >= 0.6 is 0 Å². The van der Waals surface area contributed by atoms with Crippen LogP contribution in [0.4, 0.5) is 8.78 Å². The predicted molar refractivity (Wildman–Crippen MR) is 112 cm³/mol. The zero-order chi connectivity index (χ0) is 22.8. The fourth-order valence-corrected chi connectivity index (χ4v) is 4.49. The highest BCUT2D eigenvalue weighted by atomic mass is 19.1. The molecule has 1 aromatic carbocycles. The van der Waals surface area contributed by atoms with Gasteiger partial charge < -0.3 is 19.3 Å². The molecule has 0 aliphatic carbocycles. The van der Waals surface area contributed by atoms with Crippen LogP contribution in [0.1, 0.15) is 37.1 Å². The van der Waals surface area contributed by atoms with Gasteiger partial charge in [0.05, 0.1) is 0 Å². The van der Waals surface area contributed by atoms with Crippen molar-refractivity contribution in [2.45, 2.75) is 32.4 Å². The summed E-state index contributed by atoms with van der Waals surface area (Å²) in [4.78, 5) is 42.1. The van der Waals surface area contributed by atoms with Crippen molar-refractivity contribution in [2.75, 3.05) is 32.7 Å². The van der Waals surface area contributed by atoms with Crippen molar-refractivity contribution in [3.63, 3.8) is 0 Å². The molecule has 1 atom stereocenters. The van der Waals surface area contributed by atoms with E-state index in [1.165, 1.54) is 19.1 Å². The third-order valence-corrected chi connectivity index (χ3v) is 6.25. The molecule has 0 spiro atoms.